The van der Waals surface area contributed by atoms with Gasteiger partial charge in [-0.2, -0.15) is 0 Å². The Bertz CT molecular complexity index is 824. The SMILES string of the molecule is CCCCCC(=O)/C=C/[C@@H]1[C@@H](CCCCCCC(=O)OC)[C@@H](O)C[C@H]1NC(=O)OCc1ccccc1. The number of amides is 1. The number of carbonyl (C=O) groups excluding carboxylic acids is 3. The van der Waals surface area contributed by atoms with Crippen LogP contribution >= 0.6 is 0 Å². The van der Waals surface area contributed by atoms with Gasteiger partial charge in [0.05, 0.1) is 13.2 Å². The number of unbranched alkanes of at least 4 members (excludes halogenated alkanes) is 5. The lowest BCUT2D eigenvalue weighted by Crippen LogP contribution is -2.38. The topological polar surface area (TPSA) is 102 Å². The summed E-state index contributed by atoms with van der Waals surface area (Å²) in [5.74, 6) is -0.306. The van der Waals surface area contributed by atoms with Crippen molar-refractivity contribution in [2.45, 2.75) is 96.3 Å². The van der Waals surface area contributed by atoms with Crippen molar-refractivity contribution < 1.29 is 29.0 Å². The molecule has 0 unspecified atom stereocenters. The minimum atomic E-state index is -0.565. The third kappa shape index (κ3) is 10.9. The van der Waals surface area contributed by atoms with Crippen molar-refractivity contribution in [1.29, 1.82) is 0 Å². The second-order valence-corrected chi connectivity index (χ2v) is 9.67. The Hall–Kier alpha value is -2.67. The molecule has 0 heterocycles. The lowest BCUT2D eigenvalue weighted by Gasteiger charge is -2.23. The number of allylic oxidation sites excluding steroid dienone is 1. The van der Waals surface area contributed by atoms with Crippen LogP contribution < -0.4 is 5.32 Å². The number of aliphatic hydroxyl groups is 1. The van der Waals surface area contributed by atoms with Crippen LogP contribution in [0.4, 0.5) is 4.79 Å². The van der Waals surface area contributed by atoms with Gasteiger partial charge >= 0.3 is 12.1 Å². The predicted octanol–water partition coefficient (Wildman–Crippen LogP) is 5.50. The van der Waals surface area contributed by atoms with Crippen LogP contribution in [-0.4, -0.2) is 42.2 Å². The number of benzene rings is 1. The Morgan fingerprint density at radius 3 is 2.47 bits per heavy atom. The van der Waals surface area contributed by atoms with Crippen LogP contribution in [0, 0.1) is 11.8 Å². The van der Waals surface area contributed by atoms with Crippen molar-refractivity contribution >= 4 is 17.8 Å². The van der Waals surface area contributed by atoms with Crippen LogP contribution in [0.1, 0.15) is 83.1 Å². The Kier molecular flexibility index (Phi) is 13.9. The van der Waals surface area contributed by atoms with E-state index in [1.165, 1.54) is 7.11 Å². The van der Waals surface area contributed by atoms with Crippen LogP contribution in [0.3, 0.4) is 0 Å². The molecule has 1 saturated carbocycles. The Labute approximate surface area is 215 Å². The Balaban J connectivity index is 1.93. The molecule has 0 saturated heterocycles. The number of rotatable bonds is 16. The normalized spacial score (nSPS) is 21.4. The summed E-state index contributed by atoms with van der Waals surface area (Å²) >= 11 is 0. The van der Waals surface area contributed by atoms with Crippen molar-refractivity contribution in [2.75, 3.05) is 7.11 Å². The number of hydrogen-bond acceptors (Lipinski definition) is 6. The maximum Gasteiger partial charge on any atom is 0.407 e. The molecule has 1 aromatic rings. The van der Waals surface area contributed by atoms with Crippen LogP contribution in [0.5, 0.6) is 0 Å². The molecular formula is C29H43NO6. The zero-order chi connectivity index (χ0) is 26.2. The molecule has 7 nitrogen and oxygen atoms in total. The number of esters is 1. The molecule has 1 amide bonds. The van der Waals surface area contributed by atoms with Crippen LogP contribution in [0.2, 0.25) is 0 Å². The minimum absolute atomic E-state index is 0.0512. The minimum Gasteiger partial charge on any atom is -0.469 e. The zero-order valence-electron chi connectivity index (χ0n) is 21.8. The zero-order valence-corrected chi connectivity index (χ0v) is 21.8. The number of ether oxygens (including phenoxy) is 2. The van der Waals surface area contributed by atoms with Gasteiger partial charge in [-0.3, -0.25) is 9.59 Å². The molecule has 1 fully saturated rings. The van der Waals surface area contributed by atoms with E-state index in [0.717, 1.165) is 56.9 Å². The summed E-state index contributed by atoms with van der Waals surface area (Å²) in [4.78, 5) is 36.1. The summed E-state index contributed by atoms with van der Waals surface area (Å²) in [5, 5.41) is 13.8. The first-order chi connectivity index (χ1) is 17.4. The fourth-order valence-corrected chi connectivity index (χ4v) is 4.84. The van der Waals surface area contributed by atoms with E-state index in [1.807, 2.05) is 36.4 Å². The average molecular weight is 502 g/mol. The van der Waals surface area contributed by atoms with E-state index in [9.17, 15) is 19.5 Å². The number of alkyl carbamates (subject to hydrolysis) is 1. The number of methoxy groups -OCH3 is 1. The highest BCUT2D eigenvalue weighted by Crippen LogP contribution is 2.37. The first kappa shape index (κ1) is 29.6. The third-order valence-electron chi connectivity index (χ3n) is 6.89. The predicted molar refractivity (Wildman–Crippen MR) is 139 cm³/mol. The molecule has 0 aromatic heterocycles. The number of hydrogen-bond donors (Lipinski definition) is 2. The number of aliphatic hydroxyl groups excluding tert-OH is 1. The van der Waals surface area contributed by atoms with Gasteiger partial charge in [0.15, 0.2) is 5.78 Å². The van der Waals surface area contributed by atoms with Gasteiger partial charge in [0, 0.05) is 24.8 Å². The molecule has 36 heavy (non-hydrogen) atoms. The van der Waals surface area contributed by atoms with Gasteiger partial charge in [-0.25, -0.2) is 4.79 Å². The molecule has 0 aliphatic heterocycles. The van der Waals surface area contributed by atoms with E-state index in [1.54, 1.807) is 6.08 Å². The quantitative estimate of drug-likeness (QED) is 0.176. The van der Waals surface area contributed by atoms with E-state index < -0.39 is 12.2 Å². The highest BCUT2D eigenvalue weighted by Gasteiger charge is 2.41. The van der Waals surface area contributed by atoms with E-state index in [2.05, 4.69) is 17.0 Å². The van der Waals surface area contributed by atoms with Gasteiger partial charge < -0.3 is 19.9 Å². The molecule has 0 radical (unpaired) electrons. The van der Waals surface area contributed by atoms with Gasteiger partial charge in [-0.05, 0) is 43.2 Å². The smallest absolute Gasteiger partial charge is 0.407 e. The second-order valence-electron chi connectivity index (χ2n) is 9.67. The summed E-state index contributed by atoms with van der Waals surface area (Å²) in [6.45, 7) is 2.28. The van der Waals surface area contributed by atoms with E-state index in [-0.39, 0.29) is 36.2 Å². The molecule has 7 heteroatoms. The highest BCUT2D eigenvalue weighted by molar-refractivity contribution is 5.89. The van der Waals surface area contributed by atoms with Gasteiger partial charge in [-0.15, -0.1) is 0 Å². The molecule has 1 aliphatic rings. The van der Waals surface area contributed by atoms with Crippen molar-refractivity contribution in [2.24, 2.45) is 11.8 Å². The summed E-state index contributed by atoms with van der Waals surface area (Å²) in [5.41, 5.74) is 0.901. The second kappa shape index (κ2) is 16.9. The third-order valence-corrected chi connectivity index (χ3v) is 6.89. The number of carbonyl (C=O) groups is 3. The summed E-state index contributed by atoms with van der Waals surface area (Å²) in [6.07, 6.45) is 11.1. The van der Waals surface area contributed by atoms with Gasteiger partial charge in [0.2, 0.25) is 0 Å². The molecule has 1 aromatic carbocycles. The van der Waals surface area contributed by atoms with Crippen molar-refractivity contribution in [3.05, 3.63) is 48.0 Å². The maximum absolute atomic E-state index is 12.5. The van der Waals surface area contributed by atoms with Crippen LogP contribution in [-0.2, 0) is 25.7 Å². The fraction of sp³-hybridized carbons (Fsp3) is 0.621. The molecule has 0 spiro atoms. The largest absolute Gasteiger partial charge is 0.469 e. The molecule has 200 valence electrons. The van der Waals surface area contributed by atoms with Gasteiger partial charge in [0.25, 0.3) is 0 Å². The molecular weight excluding hydrogens is 458 g/mol. The number of nitrogens with one attached hydrogen (secondary N) is 1. The van der Waals surface area contributed by atoms with E-state index >= 15 is 0 Å². The standard InChI is InChI=1S/C29H43NO6/c1-3-4-8-15-23(31)18-19-24-25(16-11-5-6-12-17-28(33)35-2)27(32)20-26(24)30-29(34)36-21-22-13-9-7-10-14-22/h7,9-10,13-14,18-19,24-27,32H,3-6,8,11-12,15-17,20-21H2,1-2H3,(H,30,34)/b19-18+/t24-,25-,26-,27+/m1/s1. The average Bonchev–Trinajstić information content (AvgIpc) is 3.17. The monoisotopic (exact) mass is 501 g/mol. The van der Waals surface area contributed by atoms with E-state index in [4.69, 9.17) is 4.74 Å². The molecule has 4 atom stereocenters. The van der Waals surface area contributed by atoms with Gasteiger partial charge in [-0.1, -0.05) is 75.4 Å². The van der Waals surface area contributed by atoms with Crippen molar-refractivity contribution in [3.63, 3.8) is 0 Å². The molecule has 1 aliphatic carbocycles. The fourth-order valence-electron chi connectivity index (χ4n) is 4.84. The first-order valence-electron chi connectivity index (χ1n) is 13.4. The highest BCUT2D eigenvalue weighted by atomic mass is 16.5. The first-order valence-corrected chi connectivity index (χ1v) is 13.4. The summed E-state index contributed by atoms with van der Waals surface area (Å²) in [6, 6.07) is 9.17. The Morgan fingerprint density at radius 2 is 1.75 bits per heavy atom. The van der Waals surface area contributed by atoms with Crippen LogP contribution in [0.15, 0.2) is 42.5 Å². The maximum atomic E-state index is 12.5. The lowest BCUT2D eigenvalue weighted by atomic mass is 9.87. The summed E-state index contributed by atoms with van der Waals surface area (Å²) in [7, 11) is 1.40. The van der Waals surface area contributed by atoms with Crippen LogP contribution in [0.25, 0.3) is 0 Å². The molecule has 2 rings (SSSR count). The van der Waals surface area contributed by atoms with Gasteiger partial charge in [0.1, 0.15) is 6.61 Å². The summed E-state index contributed by atoms with van der Waals surface area (Å²) < 4.78 is 10.1. The molecule has 0 bridgehead atoms. The number of ketones is 1. The lowest BCUT2D eigenvalue weighted by molar-refractivity contribution is -0.140. The van der Waals surface area contributed by atoms with E-state index in [0.29, 0.717) is 19.3 Å². The van der Waals surface area contributed by atoms with Crippen molar-refractivity contribution in [3.8, 4) is 0 Å². The van der Waals surface area contributed by atoms with Crippen molar-refractivity contribution in [1.82, 2.24) is 5.32 Å². The Morgan fingerprint density at radius 1 is 1.03 bits per heavy atom. The molecule has 2 N–H and O–H groups in total.